The van der Waals surface area contributed by atoms with Crippen LogP contribution in [0.25, 0.3) is 0 Å². The smallest absolute Gasteiger partial charge is 0.302 e. The van der Waals surface area contributed by atoms with Crippen molar-refractivity contribution in [2.24, 2.45) is 39.4 Å². The molecule has 4 fully saturated rings. The van der Waals surface area contributed by atoms with E-state index in [1.165, 1.54) is 12.5 Å². The fourth-order valence-corrected chi connectivity index (χ4v) is 10.2. The quantitative estimate of drug-likeness (QED) is 0.306. The summed E-state index contributed by atoms with van der Waals surface area (Å²) in [6.07, 6.45) is 6.60. The maximum Gasteiger partial charge on any atom is 0.302 e. The van der Waals surface area contributed by atoms with E-state index in [0.29, 0.717) is 36.9 Å². The van der Waals surface area contributed by atoms with Crippen LogP contribution in [0.4, 0.5) is 0 Å². The van der Waals surface area contributed by atoms with Gasteiger partial charge in [0.05, 0.1) is 5.60 Å². The molecule has 4 aliphatic carbocycles. The Balaban J connectivity index is 1.46. The van der Waals surface area contributed by atoms with Crippen molar-refractivity contribution in [1.29, 1.82) is 0 Å². The molecule has 5 rings (SSSR count). The van der Waals surface area contributed by atoms with Crippen molar-refractivity contribution in [1.82, 2.24) is 0 Å². The van der Waals surface area contributed by atoms with Gasteiger partial charge >= 0.3 is 5.97 Å². The number of esters is 1. The molecule has 0 aromatic carbocycles. The lowest BCUT2D eigenvalue weighted by Gasteiger charge is -2.67. The van der Waals surface area contributed by atoms with Crippen LogP contribution in [0, 0.1) is 39.4 Å². The summed E-state index contributed by atoms with van der Waals surface area (Å²) in [5.41, 5.74) is 1.84. The average molecular weight is 513 g/mol. The van der Waals surface area contributed by atoms with Gasteiger partial charge in [-0.15, -0.1) is 0 Å². The summed E-state index contributed by atoms with van der Waals surface area (Å²) in [5.74, 6) is 1.36. The molecule has 37 heavy (non-hydrogen) atoms. The zero-order chi connectivity index (χ0) is 27.3. The molecule has 0 bridgehead atoms. The van der Waals surface area contributed by atoms with Crippen LogP contribution >= 0.6 is 0 Å². The highest BCUT2D eigenvalue weighted by Crippen LogP contribution is 2.73. The van der Waals surface area contributed by atoms with Gasteiger partial charge in [0.25, 0.3) is 0 Å². The van der Waals surface area contributed by atoms with Gasteiger partial charge in [-0.05, 0) is 86.5 Å². The molecule has 5 nitrogen and oxygen atoms in total. The number of ether oxygens (including phenoxy) is 2. The van der Waals surface area contributed by atoms with Crippen molar-refractivity contribution in [2.45, 2.75) is 131 Å². The molecule has 3 saturated carbocycles. The Kier molecular flexibility index (Phi) is 6.05. The molecule has 0 radical (unpaired) electrons. The van der Waals surface area contributed by atoms with Crippen LogP contribution in [0.5, 0.6) is 0 Å². The van der Waals surface area contributed by atoms with Crippen molar-refractivity contribution in [2.75, 3.05) is 0 Å². The summed E-state index contributed by atoms with van der Waals surface area (Å²) in [5, 5.41) is 0. The number of allylic oxidation sites excluding steroid dienone is 2. The monoisotopic (exact) mass is 512 g/mol. The lowest BCUT2D eigenvalue weighted by molar-refractivity contribution is -0.180. The summed E-state index contributed by atoms with van der Waals surface area (Å²) in [4.78, 5) is 38.6. The van der Waals surface area contributed by atoms with Gasteiger partial charge in [-0.25, -0.2) is 0 Å². The van der Waals surface area contributed by atoms with Crippen LogP contribution in [0.3, 0.4) is 0 Å². The third-order valence-electron chi connectivity index (χ3n) is 12.3. The molecule has 0 amide bonds. The lowest BCUT2D eigenvalue weighted by atomic mass is 9.36. The van der Waals surface area contributed by atoms with Crippen molar-refractivity contribution < 1.29 is 23.9 Å². The Morgan fingerprint density at radius 1 is 1.00 bits per heavy atom. The van der Waals surface area contributed by atoms with E-state index in [0.717, 1.165) is 37.7 Å². The second kappa shape index (κ2) is 8.26. The van der Waals surface area contributed by atoms with E-state index >= 15 is 0 Å². The Morgan fingerprint density at radius 2 is 1.65 bits per heavy atom. The highest BCUT2D eigenvalue weighted by Gasteiger charge is 2.68. The first kappa shape index (κ1) is 27.1. The van der Waals surface area contributed by atoms with Crippen LogP contribution < -0.4 is 0 Å². The first-order chi connectivity index (χ1) is 17.0. The number of hydrogen-bond donors (Lipinski definition) is 0. The van der Waals surface area contributed by atoms with Gasteiger partial charge in [-0.3, -0.25) is 14.4 Å². The molecule has 1 aliphatic heterocycles. The molecular weight excluding hydrogens is 464 g/mol. The zero-order valence-electron chi connectivity index (χ0n) is 24.6. The van der Waals surface area contributed by atoms with Crippen molar-refractivity contribution in [3.05, 3.63) is 11.1 Å². The fourth-order valence-electron chi connectivity index (χ4n) is 10.2. The van der Waals surface area contributed by atoms with E-state index < -0.39 is 0 Å². The minimum atomic E-state index is -0.335. The second-order valence-corrected chi connectivity index (χ2v) is 15.0. The van der Waals surface area contributed by atoms with Crippen molar-refractivity contribution in [3.8, 4) is 0 Å². The molecule has 8 unspecified atom stereocenters. The maximum absolute atomic E-state index is 13.8. The number of carbonyl (C=O) groups is 3. The van der Waals surface area contributed by atoms with E-state index in [4.69, 9.17) is 9.47 Å². The summed E-state index contributed by atoms with van der Waals surface area (Å²) >= 11 is 0. The van der Waals surface area contributed by atoms with Gasteiger partial charge < -0.3 is 9.47 Å². The Hall–Kier alpha value is -1.49. The third kappa shape index (κ3) is 3.76. The fraction of sp³-hybridized carbons (Fsp3) is 0.844. The van der Waals surface area contributed by atoms with Gasteiger partial charge in [-0.2, -0.15) is 0 Å². The number of fused-ring (bicyclic) bond motifs is 5. The number of hydrogen-bond acceptors (Lipinski definition) is 5. The minimum absolute atomic E-state index is 0.0204. The van der Waals surface area contributed by atoms with Crippen molar-refractivity contribution >= 4 is 17.5 Å². The Labute approximate surface area is 223 Å². The van der Waals surface area contributed by atoms with Crippen LogP contribution in [0.15, 0.2) is 11.1 Å². The third-order valence-corrected chi connectivity index (χ3v) is 12.3. The van der Waals surface area contributed by atoms with E-state index in [1.54, 1.807) is 0 Å². The van der Waals surface area contributed by atoms with Crippen LogP contribution in [0.1, 0.15) is 114 Å². The van der Waals surface area contributed by atoms with Gasteiger partial charge in [-0.1, -0.05) is 47.1 Å². The average Bonchev–Trinajstić information content (AvgIpc) is 3.31. The maximum atomic E-state index is 13.8. The zero-order valence-corrected chi connectivity index (χ0v) is 24.6. The lowest BCUT2D eigenvalue weighted by Crippen LogP contribution is -2.62. The predicted molar refractivity (Wildman–Crippen MR) is 143 cm³/mol. The van der Waals surface area contributed by atoms with Crippen LogP contribution in [-0.2, 0) is 23.9 Å². The van der Waals surface area contributed by atoms with E-state index in [9.17, 15) is 14.4 Å². The van der Waals surface area contributed by atoms with E-state index in [1.807, 2.05) is 13.8 Å². The normalized spacial score (nSPS) is 43.4. The molecule has 5 heteroatoms. The first-order valence-electron chi connectivity index (χ1n) is 14.6. The molecule has 0 aromatic heterocycles. The molecule has 0 N–H and O–H groups in total. The molecule has 8 atom stereocenters. The topological polar surface area (TPSA) is 73.0 Å². The van der Waals surface area contributed by atoms with Crippen LogP contribution in [-0.4, -0.2) is 35.3 Å². The number of rotatable bonds is 5. The largest absolute Gasteiger partial charge is 0.460 e. The Bertz CT molecular complexity index is 1070. The number of Topliss-reactive ketones (excluding diaryl/α,β-unsaturated/α-hetero) is 2. The second-order valence-electron chi connectivity index (χ2n) is 15.0. The number of ketones is 2. The molecule has 5 aliphatic rings. The standard InChI is InChI=1S/C32H48O5/c1-18(16-22(36-19(2)33)27-29(5,6)37-27)26-20-10-11-24-30(7)14-13-25(35)28(3,4)23(30)12-15-31(24,8)32(20,9)17-21(26)34/h18,22-24,27H,10-17H2,1-9H3. The van der Waals surface area contributed by atoms with E-state index in [2.05, 4.69) is 41.5 Å². The van der Waals surface area contributed by atoms with Gasteiger partial charge in [0.1, 0.15) is 18.0 Å². The Morgan fingerprint density at radius 3 is 2.24 bits per heavy atom. The number of epoxide rings is 1. The summed E-state index contributed by atoms with van der Waals surface area (Å²) < 4.78 is 11.6. The molecule has 0 aromatic rings. The van der Waals surface area contributed by atoms with Crippen LogP contribution in [0.2, 0.25) is 0 Å². The van der Waals surface area contributed by atoms with Gasteiger partial charge in [0.2, 0.25) is 0 Å². The minimum Gasteiger partial charge on any atom is -0.460 e. The van der Waals surface area contributed by atoms with Crippen molar-refractivity contribution in [3.63, 3.8) is 0 Å². The number of carbonyl (C=O) groups excluding carboxylic acids is 3. The first-order valence-corrected chi connectivity index (χ1v) is 14.6. The molecule has 206 valence electrons. The predicted octanol–water partition coefficient (Wildman–Crippen LogP) is 6.62. The molecule has 1 saturated heterocycles. The highest BCUT2D eigenvalue weighted by molar-refractivity contribution is 6.00. The SMILES string of the molecule is CC(=O)OC(CC(C)C1=C2CCC3C4(C)CCC(=O)C(C)(C)C4CCC3(C)C2(C)CC1=O)C1OC1(C)C. The summed E-state index contributed by atoms with van der Waals surface area (Å²) in [6.45, 7) is 19.3. The molecular formula is C32H48O5. The van der Waals surface area contributed by atoms with E-state index in [-0.39, 0.29) is 57.1 Å². The van der Waals surface area contributed by atoms with Gasteiger partial charge in [0, 0.05) is 30.6 Å². The highest BCUT2D eigenvalue weighted by atomic mass is 16.6. The summed E-state index contributed by atoms with van der Waals surface area (Å²) in [6, 6.07) is 0. The van der Waals surface area contributed by atoms with Gasteiger partial charge in [0.15, 0.2) is 5.78 Å². The molecule has 0 spiro atoms. The summed E-state index contributed by atoms with van der Waals surface area (Å²) in [7, 11) is 0. The molecule has 1 heterocycles.